The first-order chi connectivity index (χ1) is 12.3. The van der Waals surface area contributed by atoms with E-state index in [2.05, 4.69) is 10.5 Å². The monoisotopic (exact) mass is 338 g/mol. The number of carbonyl (C=O) groups excluding carboxylic acids is 1. The number of para-hydroxylation sites is 1. The predicted octanol–water partition coefficient (Wildman–Crippen LogP) is 3.19. The van der Waals surface area contributed by atoms with Gasteiger partial charge in [0, 0.05) is 12.1 Å². The molecular weight excluding hydrogens is 320 g/mol. The summed E-state index contributed by atoms with van der Waals surface area (Å²) in [6, 6.07) is 18.6. The normalized spacial score (nSPS) is 10.3. The van der Waals surface area contributed by atoms with Crippen LogP contribution < -0.4 is 14.8 Å². The summed E-state index contributed by atoms with van der Waals surface area (Å²) in [6.07, 6.45) is 0. The van der Waals surface area contributed by atoms with E-state index in [1.807, 2.05) is 54.6 Å². The summed E-state index contributed by atoms with van der Waals surface area (Å²) >= 11 is 0. The van der Waals surface area contributed by atoms with Crippen molar-refractivity contribution in [3.8, 4) is 11.6 Å². The van der Waals surface area contributed by atoms with Crippen molar-refractivity contribution >= 4 is 5.91 Å². The molecule has 0 saturated heterocycles. The van der Waals surface area contributed by atoms with Crippen molar-refractivity contribution in [2.75, 3.05) is 7.11 Å². The molecule has 25 heavy (non-hydrogen) atoms. The van der Waals surface area contributed by atoms with Gasteiger partial charge in [0.1, 0.15) is 12.4 Å². The van der Waals surface area contributed by atoms with Crippen LogP contribution in [0.15, 0.2) is 65.2 Å². The van der Waals surface area contributed by atoms with Gasteiger partial charge in [0.2, 0.25) is 5.76 Å². The molecule has 0 unspecified atom stereocenters. The Balaban J connectivity index is 1.55. The third-order valence-corrected chi connectivity index (χ3v) is 3.57. The second-order valence-electron chi connectivity index (χ2n) is 5.30. The molecule has 0 spiro atoms. The van der Waals surface area contributed by atoms with E-state index < -0.39 is 0 Å². The van der Waals surface area contributed by atoms with Crippen molar-refractivity contribution < 1.29 is 18.8 Å². The van der Waals surface area contributed by atoms with Crippen molar-refractivity contribution in [1.82, 2.24) is 10.5 Å². The number of ether oxygens (including phenoxy) is 2. The lowest BCUT2D eigenvalue weighted by atomic mass is 10.2. The smallest absolute Gasteiger partial charge is 0.290 e. The molecule has 0 radical (unpaired) electrons. The summed E-state index contributed by atoms with van der Waals surface area (Å²) in [7, 11) is 1.59. The molecule has 6 heteroatoms. The number of hydrogen-bond donors (Lipinski definition) is 1. The fraction of sp³-hybridized carbons (Fsp3) is 0.158. The lowest BCUT2D eigenvalue weighted by molar-refractivity contribution is 0.0913. The number of hydrogen-bond acceptors (Lipinski definition) is 5. The second kappa shape index (κ2) is 8.01. The summed E-state index contributed by atoms with van der Waals surface area (Å²) in [5.41, 5.74) is 1.88. The van der Waals surface area contributed by atoms with Gasteiger partial charge in [-0.05, 0) is 16.8 Å². The zero-order chi connectivity index (χ0) is 17.5. The highest BCUT2D eigenvalue weighted by Gasteiger charge is 2.14. The number of carbonyl (C=O) groups is 1. The molecule has 0 fully saturated rings. The highest BCUT2D eigenvalue weighted by Crippen LogP contribution is 2.17. The number of rotatable bonds is 7. The van der Waals surface area contributed by atoms with Crippen LogP contribution in [0, 0.1) is 0 Å². The van der Waals surface area contributed by atoms with E-state index in [4.69, 9.17) is 14.0 Å². The number of nitrogens with one attached hydrogen (secondary N) is 1. The zero-order valence-corrected chi connectivity index (χ0v) is 13.8. The summed E-state index contributed by atoms with van der Waals surface area (Å²) in [4.78, 5) is 12.2. The van der Waals surface area contributed by atoms with Gasteiger partial charge in [-0.15, -0.1) is 0 Å². The number of aromatic nitrogens is 1. The molecule has 2 aromatic carbocycles. The Morgan fingerprint density at radius 1 is 1.12 bits per heavy atom. The zero-order valence-electron chi connectivity index (χ0n) is 13.8. The molecule has 0 aliphatic heterocycles. The molecule has 128 valence electrons. The second-order valence-corrected chi connectivity index (χ2v) is 5.30. The number of benzene rings is 2. The Morgan fingerprint density at radius 2 is 1.88 bits per heavy atom. The standard InChI is InChI=1S/C19H18N2O4/c1-23-16-10-6-5-9-15(16)12-20-19(22)17-11-18(21-25-17)24-13-14-7-3-2-4-8-14/h2-11H,12-13H2,1H3,(H,20,22). The third-order valence-electron chi connectivity index (χ3n) is 3.57. The van der Waals surface area contributed by atoms with Gasteiger partial charge in [-0.1, -0.05) is 48.5 Å². The predicted molar refractivity (Wildman–Crippen MR) is 91.4 cm³/mol. The molecule has 3 rings (SSSR count). The average molecular weight is 338 g/mol. The van der Waals surface area contributed by atoms with Crippen molar-refractivity contribution in [1.29, 1.82) is 0 Å². The maximum Gasteiger partial charge on any atom is 0.290 e. The molecular formula is C19H18N2O4. The molecule has 0 atom stereocenters. The van der Waals surface area contributed by atoms with E-state index in [1.54, 1.807) is 7.11 Å². The highest BCUT2D eigenvalue weighted by molar-refractivity contribution is 5.91. The van der Waals surface area contributed by atoms with Crippen molar-refractivity contribution in [2.45, 2.75) is 13.2 Å². The van der Waals surface area contributed by atoms with E-state index in [1.165, 1.54) is 6.07 Å². The van der Waals surface area contributed by atoms with Crippen molar-refractivity contribution in [2.24, 2.45) is 0 Å². The summed E-state index contributed by atoms with van der Waals surface area (Å²) in [6.45, 7) is 0.680. The Kier molecular flexibility index (Phi) is 5.31. The van der Waals surface area contributed by atoms with Crippen LogP contribution in [0.5, 0.6) is 11.6 Å². The first-order valence-corrected chi connectivity index (χ1v) is 7.80. The summed E-state index contributed by atoms with van der Waals surface area (Å²) < 4.78 is 15.8. The fourth-order valence-electron chi connectivity index (χ4n) is 2.28. The van der Waals surface area contributed by atoms with Gasteiger partial charge in [-0.2, -0.15) is 0 Å². The van der Waals surface area contributed by atoms with Gasteiger partial charge in [-0.3, -0.25) is 4.79 Å². The molecule has 6 nitrogen and oxygen atoms in total. The van der Waals surface area contributed by atoms with Gasteiger partial charge in [-0.25, -0.2) is 0 Å². The lowest BCUT2D eigenvalue weighted by Gasteiger charge is -2.08. The molecule has 0 aliphatic carbocycles. The minimum atomic E-state index is -0.368. The van der Waals surface area contributed by atoms with Crippen LogP contribution in [0.4, 0.5) is 0 Å². The summed E-state index contributed by atoms with van der Waals surface area (Å²) in [5, 5.41) is 6.53. The Bertz CT molecular complexity index is 830. The highest BCUT2D eigenvalue weighted by atomic mass is 16.5. The van der Waals surface area contributed by atoms with Gasteiger partial charge in [0.15, 0.2) is 0 Å². The average Bonchev–Trinajstić information content (AvgIpc) is 3.14. The van der Waals surface area contributed by atoms with Gasteiger partial charge in [0.05, 0.1) is 13.2 Å². The van der Waals surface area contributed by atoms with Gasteiger partial charge in [0.25, 0.3) is 11.8 Å². The molecule has 1 N–H and O–H groups in total. The summed E-state index contributed by atoms with van der Waals surface area (Å²) in [5.74, 6) is 0.712. The van der Waals surface area contributed by atoms with Crippen LogP contribution >= 0.6 is 0 Å². The molecule has 1 amide bonds. The van der Waals surface area contributed by atoms with Crippen molar-refractivity contribution in [3.63, 3.8) is 0 Å². The Hall–Kier alpha value is -3.28. The van der Waals surface area contributed by atoms with E-state index in [-0.39, 0.29) is 17.5 Å². The van der Waals surface area contributed by atoms with Gasteiger partial charge < -0.3 is 19.3 Å². The van der Waals surface area contributed by atoms with Crippen LogP contribution in [0.3, 0.4) is 0 Å². The van der Waals surface area contributed by atoms with Crippen LogP contribution in [0.2, 0.25) is 0 Å². The molecule has 0 aliphatic rings. The lowest BCUT2D eigenvalue weighted by Crippen LogP contribution is -2.22. The quantitative estimate of drug-likeness (QED) is 0.716. The largest absolute Gasteiger partial charge is 0.496 e. The van der Waals surface area contributed by atoms with E-state index in [0.717, 1.165) is 11.1 Å². The number of amides is 1. The first kappa shape index (κ1) is 16.6. The molecule has 1 heterocycles. The van der Waals surface area contributed by atoms with Crippen LogP contribution in [0.1, 0.15) is 21.7 Å². The van der Waals surface area contributed by atoms with E-state index in [0.29, 0.717) is 18.9 Å². The molecule has 0 bridgehead atoms. The Morgan fingerprint density at radius 3 is 2.68 bits per heavy atom. The van der Waals surface area contributed by atoms with Crippen LogP contribution in [0.25, 0.3) is 0 Å². The van der Waals surface area contributed by atoms with E-state index in [9.17, 15) is 4.79 Å². The molecule has 1 aromatic heterocycles. The maximum atomic E-state index is 12.2. The number of methoxy groups -OCH3 is 1. The molecule has 0 saturated carbocycles. The van der Waals surface area contributed by atoms with Crippen molar-refractivity contribution in [3.05, 3.63) is 77.6 Å². The van der Waals surface area contributed by atoms with Gasteiger partial charge >= 0.3 is 0 Å². The minimum absolute atomic E-state index is 0.0953. The van der Waals surface area contributed by atoms with E-state index >= 15 is 0 Å². The Labute approximate surface area is 145 Å². The minimum Gasteiger partial charge on any atom is -0.496 e. The fourth-order valence-corrected chi connectivity index (χ4v) is 2.28. The maximum absolute atomic E-state index is 12.2. The van der Waals surface area contributed by atoms with Crippen LogP contribution in [-0.4, -0.2) is 18.2 Å². The first-order valence-electron chi connectivity index (χ1n) is 7.80. The number of nitrogens with zero attached hydrogens (tertiary/aromatic N) is 1. The third kappa shape index (κ3) is 4.38. The topological polar surface area (TPSA) is 73.6 Å². The van der Waals surface area contributed by atoms with Crippen LogP contribution in [-0.2, 0) is 13.2 Å². The molecule has 3 aromatic rings. The SMILES string of the molecule is COc1ccccc1CNC(=O)c1cc(OCc2ccccc2)no1.